The molecule has 0 radical (unpaired) electrons. The van der Waals surface area contributed by atoms with E-state index in [9.17, 15) is 36.2 Å². The van der Waals surface area contributed by atoms with Gasteiger partial charge in [-0.25, -0.2) is 4.79 Å². The zero-order valence-corrected chi connectivity index (χ0v) is 16.4. The summed E-state index contributed by atoms with van der Waals surface area (Å²) in [6.45, 7) is -1.15. The van der Waals surface area contributed by atoms with Gasteiger partial charge >= 0.3 is 18.4 Å². The van der Waals surface area contributed by atoms with Crippen LogP contribution < -0.4 is 0 Å². The smallest absolute Gasteiger partial charge is 0.407 e. The third-order valence-corrected chi connectivity index (χ3v) is 5.18. The van der Waals surface area contributed by atoms with E-state index in [0.717, 1.165) is 5.56 Å². The molecule has 0 bridgehead atoms. The number of rotatable bonds is 4. The van der Waals surface area contributed by atoms with Crippen LogP contribution in [-0.4, -0.2) is 68.8 Å². The first-order valence-corrected chi connectivity index (χ1v) is 9.31. The molecule has 1 unspecified atom stereocenters. The van der Waals surface area contributed by atoms with Gasteiger partial charge in [-0.2, -0.15) is 31.4 Å². The van der Waals surface area contributed by atoms with Gasteiger partial charge in [0.15, 0.2) is 5.92 Å². The van der Waals surface area contributed by atoms with Gasteiger partial charge in [0.25, 0.3) is 0 Å². The minimum Gasteiger partial charge on any atom is -0.465 e. The van der Waals surface area contributed by atoms with E-state index >= 15 is 0 Å². The van der Waals surface area contributed by atoms with Crippen LogP contribution in [0.15, 0.2) is 36.5 Å². The molecule has 0 spiro atoms. The molecular formula is C19H20F6N4O2. The fourth-order valence-corrected chi connectivity index (χ4v) is 3.89. The molecule has 1 aliphatic heterocycles. The maximum Gasteiger partial charge on any atom is 0.407 e. The first-order chi connectivity index (χ1) is 14.4. The van der Waals surface area contributed by atoms with Gasteiger partial charge in [0.1, 0.15) is 0 Å². The summed E-state index contributed by atoms with van der Waals surface area (Å²) in [5.74, 6) is -3.78. The third kappa shape index (κ3) is 5.12. The largest absolute Gasteiger partial charge is 0.465 e. The van der Waals surface area contributed by atoms with Crippen molar-refractivity contribution in [3.05, 3.63) is 42.1 Å². The molecule has 1 aromatic carbocycles. The highest BCUT2D eigenvalue weighted by Gasteiger charge is 2.62. The number of piperazine rings is 1. The topological polar surface area (TPSA) is 61.6 Å². The van der Waals surface area contributed by atoms with Crippen LogP contribution in [0.25, 0.3) is 11.3 Å². The van der Waals surface area contributed by atoms with Crippen LogP contribution in [0.3, 0.4) is 0 Å². The second-order valence-electron chi connectivity index (χ2n) is 7.38. The molecule has 2 aromatic rings. The Balaban J connectivity index is 1.89. The highest BCUT2D eigenvalue weighted by Crippen LogP contribution is 2.44. The molecule has 6 nitrogen and oxygen atoms in total. The third-order valence-electron chi connectivity index (χ3n) is 5.18. The highest BCUT2D eigenvalue weighted by molar-refractivity contribution is 5.66. The summed E-state index contributed by atoms with van der Waals surface area (Å²) in [4.78, 5) is 13.0. The summed E-state index contributed by atoms with van der Waals surface area (Å²) in [5, 5.41) is 13.6. The van der Waals surface area contributed by atoms with Gasteiger partial charge in [-0.15, -0.1) is 0 Å². The van der Waals surface area contributed by atoms with Crippen LogP contribution >= 0.6 is 0 Å². The van der Waals surface area contributed by atoms with E-state index in [4.69, 9.17) is 0 Å². The van der Waals surface area contributed by atoms with Gasteiger partial charge in [-0.1, -0.05) is 30.3 Å². The molecule has 0 saturated carbocycles. The average Bonchev–Trinajstić information content (AvgIpc) is 3.00. The van der Waals surface area contributed by atoms with Crippen molar-refractivity contribution in [1.82, 2.24) is 19.6 Å². The summed E-state index contributed by atoms with van der Waals surface area (Å²) in [6, 6.07) is 6.65. The van der Waals surface area contributed by atoms with Crippen molar-refractivity contribution in [2.24, 2.45) is 13.0 Å². The van der Waals surface area contributed by atoms with Crippen LogP contribution in [-0.2, 0) is 13.6 Å². The molecule has 1 atom stereocenters. The number of alkyl halides is 6. The number of carboxylic acid groups (broad SMARTS) is 1. The van der Waals surface area contributed by atoms with Crippen molar-refractivity contribution >= 4 is 6.09 Å². The van der Waals surface area contributed by atoms with E-state index in [1.165, 1.54) is 9.58 Å². The molecule has 3 rings (SSSR count). The summed E-state index contributed by atoms with van der Waals surface area (Å²) in [6.07, 6.45) is -11.4. The van der Waals surface area contributed by atoms with Gasteiger partial charge in [0.2, 0.25) is 0 Å². The number of aromatic nitrogens is 2. The number of benzene rings is 1. The number of halogens is 6. The van der Waals surface area contributed by atoms with Crippen molar-refractivity contribution in [1.29, 1.82) is 0 Å². The van der Waals surface area contributed by atoms with Crippen molar-refractivity contribution in [2.45, 2.75) is 24.9 Å². The van der Waals surface area contributed by atoms with Crippen LogP contribution in [0.5, 0.6) is 0 Å². The Hall–Kier alpha value is -2.76. The molecule has 1 fully saturated rings. The molecule has 0 aliphatic carbocycles. The lowest BCUT2D eigenvalue weighted by atomic mass is 9.94. The maximum absolute atomic E-state index is 13.3. The predicted molar refractivity (Wildman–Crippen MR) is 98.0 cm³/mol. The van der Waals surface area contributed by atoms with E-state index in [1.807, 2.05) is 0 Å². The Kier molecular flexibility index (Phi) is 6.21. The molecule has 1 aromatic heterocycles. The molecule has 2 heterocycles. The minimum absolute atomic E-state index is 0.00560. The van der Waals surface area contributed by atoms with Crippen molar-refractivity contribution in [2.75, 3.05) is 19.6 Å². The van der Waals surface area contributed by atoms with Gasteiger partial charge in [0, 0.05) is 50.6 Å². The average molecular weight is 450 g/mol. The second-order valence-corrected chi connectivity index (χ2v) is 7.38. The Bertz CT molecular complexity index is 898. The van der Waals surface area contributed by atoms with Gasteiger partial charge in [-0.3, -0.25) is 9.58 Å². The van der Waals surface area contributed by atoms with E-state index in [-0.39, 0.29) is 18.0 Å². The lowest BCUT2D eigenvalue weighted by molar-refractivity contribution is -0.300. The van der Waals surface area contributed by atoms with Crippen LogP contribution in [0.4, 0.5) is 31.1 Å². The Morgan fingerprint density at radius 2 is 1.74 bits per heavy atom. The molecule has 1 saturated heterocycles. The van der Waals surface area contributed by atoms with Crippen molar-refractivity contribution in [3.8, 4) is 11.3 Å². The number of amides is 1. The Morgan fingerprint density at radius 3 is 2.29 bits per heavy atom. The second kappa shape index (κ2) is 8.40. The standard InChI is InChI=1S/C19H20F6N4O2/c1-27-9-13(15(26-27)12-5-3-2-4-6-12)10-28-7-8-29(17(30)31)14(11-28)16(18(20,21)22)19(23,24)25/h2-6,9,14,16H,7-8,10-11H2,1H3,(H,30,31). The number of aryl methyl sites for hydroxylation is 1. The fraction of sp³-hybridized carbons (Fsp3) is 0.474. The van der Waals surface area contributed by atoms with E-state index in [1.54, 1.807) is 43.6 Å². The summed E-state index contributed by atoms with van der Waals surface area (Å²) >= 11 is 0. The van der Waals surface area contributed by atoms with Crippen molar-refractivity contribution < 1.29 is 36.2 Å². The number of nitrogens with zero attached hydrogens (tertiary/aromatic N) is 4. The molecule has 12 heteroatoms. The van der Waals surface area contributed by atoms with Crippen molar-refractivity contribution in [3.63, 3.8) is 0 Å². The number of hydrogen-bond acceptors (Lipinski definition) is 3. The lowest BCUT2D eigenvalue weighted by Crippen LogP contribution is -2.62. The number of hydrogen-bond donors (Lipinski definition) is 1. The molecular weight excluding hydrogens is 430 g/mol. The molecule has 1 amide bonds. The predicted octanol–water partition coefficient (Wildman–Crippen LogP) is 3.99. The van der Waals surface area contributed by atoms with E-state index in [2.05, 4.69) is 5.10 Å². The van der Waals surface area contributed by atoms with Gasteiger partial charge in [0.05, 0.1) is 11.7 Å². The maximum atomic E-state index is 13.3. The quantitative estimate of drug-likeness (QED) is 0.716. The zero-order valence-electron chi connectivity index (χ0n) is 16.4. The molecule has 31 heavy (non-hydrogen) atoms. The summed E-state index contributed by atoms with van der Waals surface area (Å²) < 4.78 is 81.4. The lowest BCUT2D eigenvalue weighted by Gasteiger charge is -2.44. The zero-order chi connectivity index (χ0) is 23.0. The minimum atomic E-state index is -5.64. The SMILES string of the molecule is Cn1cc(CN2CCN(C(=O)O)C(C(C(F)(F)F)C(F)(F)F)C2)c(-c2ccccc2)n1. The first-order valence-electron chi connectivity index (χ1n) is 9.31. The van der Waals surface area contributed by atoms with Crippen LogP contribution in [0.2, 0.25) is 0 Å². The van der Waals surface area contributed by atoms with Gasteiger partial charge in [-0.05, 0) is 0 Å². The van der Waals surface area contributed by atoms with E-state index < -0.39 is 43.5 Å². The highest BCUT2D eigenvalue weighted by atomic mass is 19.4. The van der Waals surface area contributed by atoms with Crippen LogP contribution in [0, 0.1) is 5.92 Å². The van der Waals surface area contributed by atoms with E-state index in [0.29, 0.717) is 11.3 Å². The van der Waals surface area contributed by atoms with Crippen LogP contribution in [0.1, 0.15) is 5.56 Å². The Labute approximate surface area is 173 Å². The molecule has 1 aliphatic rings. The summed E-state index contributed by atoms with van der Waals surface area (Å²) in [7, 11) is 1.66. The first kappa shape index (κ1) is 22.9. The Morgan fingerprint density at radius 1 is 1.13 bits per heavy atom. The molecule has 1 N–H and O–H groups in total. The monoisotopic (exact) mass is 450 g/mol. The fourth-order valence-electron chi connectivity index (χ4n) is 3.89. The normalized spacial score (nSPS) is 18.6. The number of carbonyl (C=O) groups is 1. The van der Waals surface area contributed by atoms with Gasteiger partial charge < -0.3 is 10.0 Å². The summed E-state index contributed by atoms with van der Waals surface area (Å²) in [5.41, 5.74) is 1.93. The molecule has 170 valence electrons.